The zero-order valence-corrected chi connectivity index (χ0v) is 11.4. The van der Waals surface area contributed by atoms with E-state index in [1.165, 1.54) is 32.4 Å². The summed E-state index contributed by atoms with van der Waals surface area (Å²) in [4.78, 5) is 2.75. The lowest BCUT2D eigenvalue weighted by molar-refractivity contribution is 0.0683. The standard InChI is InChI=1S/C14H28N2/c1-5-11(4)13-9-16(10(2)3)14(8-15-13)12-6-7-12/h10-15H,5-9H2,1-4H3. The minimum absolute atomic E-state index is 0.708. The molecule has 2 fully saturated rings. The molecular weight excluding hydrogens is 196 g/mol. The van der Waals surface area contributed by atoms with Gasteiger partial charge >= 0.3 is 0 Å². The molecule has 0 spiro atoms. The molecule has 2 nitrogen and oxygen atoms in total. The van der Waals surface area contributed by atoms with Crippen LogP contribution in [-0.4, -0.2) is 36.1 Å². The maximum Gasteiger partial charge on any atom is 0.0252 e. The maximum absolute atomic E-state index is 3.78. The Balaban J connectivity index is 1.96. The van der Waals surface area contributed by atoms with E-state index in [0.29, 0.717) is 12.1 Å². The predicted molar refractivity (Wildman–Crippen MR) is 69.6 cm³/mol. The second kappa shape index (κ2) is 5.05. The van der Waals surface area contributed by atoms with E-state index >= 15 is 0 Å². The fraction of sp³-hybridized carbons (Fsp3) is 1.00. The molecule has 3 atom stereocenters. The highest BCUT2D eigenvalue weighted by Crippen LogP contribution is 2.37. The maximum atomic E-state index is 3.78. The van der Waals surface area contributed by atoms with Crippen LogP contribution in [0.1, 0.15) is 47.0 Å². The third-order valence-corrected chi connectivity index (χ3v) is 4.58. The normalized spacial score (nSPS) is 34.3. The first-order chi connectivity index (χ1) is 7.63. The largest absolute Gasteiger partial charge is 0.311 e. The van der Waals surface area contributed by atoms with Crippen LogP contribution in [0.4, 0.5) is 0 Å². The van der Waals surface area contributed by atoms with E-state index in [4.69, 9.17) is 0 Å². The van der Waals surface area contributed by atoms with Crippen molar-refractivity contribution in [2.45, 2.75) is 65.1 Å². The van der Waals surface area contributed by atoms with Gasteiger partial charge in [0.25, 0.3) is 0 Å². The lowest BCUT2D eigenvalue weighted by Gasteiger charge is -2.44. The SMILES string of the molecule is CCC(C)C1CN(C(C)C)C(C2CC2)CN1. The Kier molecular flexibility index (Phi) is 3.91. The Morgan fingerprint density at radius 1 is 1.25 bits per heavy atom. The minimum atomic E-state index is 0.708. The summed E-state index contributed by atoms with van der Waals surface area (Å²) < 4.78 is 0. The topological polar surface area (TPSA) is 15.3 Å². The monoisotopic (exact) mass is 224 g/mol. The highest BCUT2D eigenvalue weighted by molar-refractivity contribution is 4.96. The number of hydrogen-bond acceptors (Lipinski definition) is 2. The Morgan fingerprint density at radius 2 is 1.94 bits per heavy atom. The van der Waals surface area contributed by atoms with E-state index in [9.17, 15) is 0 Å². The van der Waals surface area contributed by atoms with Gasteiger partial charge in [-0.3, -0.25) is 4.90 Å². The molecule has 2 heteroatoms. The molecule has 1 aliphatic carbocycles. The number of nitrogens with zero attached hydrogens (tertiary/aromatic N) is 1. The molecule has 0 radical (unpaired) electrons. The van der Waals surface area contributed by atoms with Crippen molar-refractivity contribution in [3.8, 4) is 0 Å². The van der Waals surface area contributed by atoms with Gasteiger partial charge < -0.3 is 5.32 Å². The first-order valence-electron chi connectivity index (χ1n) is 7.12. The third-order valence-electron chi connectivity index (χ3n) is 4.58. The Bertz CT molecular complexity index is 223. The van der Waals surface area contributed by atoms with Gasteiger partial charge in [0.05, 0.1) is 0 Å². The van der Waals surface area contributed by atoms with Gasteiger partial charge in [0.15, 0.2) is 0 Å². The Morgan fingerprint density at radius 3 is 2.44 bits per heavy atom. The third kappa shape index (κ3) is 2.60. The number of nitrogens with one attached hydrogen (secondary N) is 1. The smallest absolute Gasteiger partial charge is 0.0252 e. The first kappa shape index (κ1) is 12.4. The van der Waals surface area contributed by atoms with Gasteiger partial charge in [-0.2, -0.15) is 0 Å². The van der Waals surface area contributed by atoms with Crippen molar-refractivity contribution in [3.05, 3.63) is 0 Å². The molecule has 0 bridgehead atoms. The van der Waals surface area contributed by atoms with Crippen molar-refractivity contribution < 1.29 is 0 Å². The quantitative estimate of drug-likeness (QED) is 0.789. The van der Waals surface area contributed by atoms with Crippen LogP contribution >= 0.6 is 0 Å². The van der Waals surface area contributed by atoms with Gasteiger partial charge in [0.2, 0.25) is 0 Å². The van der Waals surface area contributed by atoms with E-state index in [2.05, 4.69) is 37.9 Å². The van der Waals surface area contributed by atoms with E-state index < -0.39 is 0 Å². The van der Waals surface area contributed by atoms with Crippen LogP contribution in [0, 0.1) is 11.8 Å². The van der Waals surface area contributed by atoms with Gasteiger partial charge in [-0.15, -0.1) is 0 Å². The molecule has 1 heterocycles. The highest BCUT2D eigenvalue weighted by Gasteiger charge is 2.40. The summed E-state index contributed by atoms with van der Waals surface area (Å²) in [5.41, 5.74) is 0. The number of piperazine rings is 1. The molecule has 0 aromatic rings. The summed E-state index contributed by atoms with van der Waals surface area (Å²) in [5, 5.41) is 3.78. The van der Waals surface area contributed by atoms with Crippen molar-refractivity contribution in [2.75, 3.05) is 13.1 Å². The van der Waals surface area contributed by atoms with Crippen molar-refractivity contribution >= 4 is 0 Å². The number of hydrogen-bond donors (Lipinski definition) is 1. The fourth-order valence-corrected chi connectivity index (χ4v) is 2.99. The van der Waals surface area contributed by atoms with Crippen LogP contribution in [0.25, 0.3) is 0 Å². The van der Waals surface area contributed by atoms with Crippen molar-refractivity contribution in [3.63, 3.8) is 0 Å². The molecule has 0 amide bonds. The van der Waals surface area contributed by atoms with E-state index in [1.54, 1.807) is 0 Å². The van der Waals surface area contributed by atoms with E-state index in [1.807, 2.05) is 0 Å². The number of rotatable bonds is 4. The lowest BCUT2D eigenvalue weighted by atomic mass is 9.93. The zero-order chi connectivity index (χ0) is 11.7. The molecule has 1 saturated heterocycles. The molecule has 0 aromatic carbocycles. The van der Waals surface area contributed by atoms with Crippen molar-refractivity contribution in [1.29, 1.82) is 0 Å². The lowest BCUT2D eigenvalue weighted by Crippen LogP contribution is -2.60. The summed E-state index contributed by atoms with van der Waals surface area (Å²) in [6.45, 7) is 11.9. The first-order valence-corrected chi connectivity index (χ1v) is 7.12. The predicted octanol–water partition coefficient (Wildman–Crippen LogP) is 2.49. The van der Waals surface area contributed by atoms with Gasteiger partial charge in [-0.25, -0.2) is 0 Å². The average molecular weight is 224 g/mol. The molecule has 0 aromatic heterocycles. The minimum Gasteiger partial charge on any atom is -0.311 e. The van der Waals surface area contributed by atoms with E-state index in [0.717, 1.165) is 17.9 Å². The zero-order valence-electron chi connectivity index (χ0n) is 11.4. The Hall–Kier alpha value is -0.0800. The van der Waals surface area contributed by atoms with Crippen LogP contribution in [0.15, 0.2) is 0 Å². The van der Waals surface area contributed by atoms with Crippen LogP contribution in [0.2, 0.25) is 0 Å². The van der Waals surface area contributed by atoms with Gasteiger partial charge in [-0.05, 0) is 38.5 Å². The summed E-state index contributed by atoms with van der Waals surface area (Å²) in [5.74, 6) is 1.80. The molecule has 1 saturated carbocycles. The van der Waals surface area contributed by atoms with Gasteiger partial charge in [0, 0.05) is 31.2 Å². The van der Waals surface area contributed by atoms with Crippen LogP contribution in [0.5, 0.6) is 0 Å². The molecule has 16 heavy (non-hydrogen) atoms. The molecular formula is C14H28N2. The second-order valence-electron chi connectivity index (χ2n) is 6.10. The van der Waals surface area contributed by atoms with Gasteiger partial charge in [-0.1, -0.05) is 20.3 Å². The molecule has 3 unspecified atom stereocenters. The molecule has 1 N–H and O–H groups in total. The van der Waals surface area contributed by atoms with Crippen LogP contribution in [0.3, 0.4) is 0 Å². The van der Waals surface area contributed by atoms with Gasteiger partial charge in [0.1, 0.15) is 0 Å². The summed E-state index contributed by atoms with van der Waals surface area (Å²) in [6, 6.07) is 2.24. The summed E-state index contributed by atoms with van der Waals surface area (Å²) >= 11 is 0. The summed E-state index contributed by atoms with van der Waals surface area (Å²) in [6.07, 6.45) is 4.21. The molecule has 2 aliphatic rings. The molecule has 2 rings (SSSR count). The second-order valence-corrected chi connectivity index (χ2v) is 6.10. The van der Waals surface area contributed by atoms with Crippen LogP contribution in [-0.2, 0) is 0 Å². The molecule has 94 valence electrons. The van der Waals surface area contributed by atoms with E-state index in [-0.39, 0.29) is 0 Å². The van der Waals surface area contributed by atoms with Crippen molar-refractivity contribution in [2.24, 2.45) is 11.8 Å². The average Bonchev–Trinajstić information content (AvgIpc) is 3.11. The Labute approximate surface area is 101 Å². The summed E-state index contributed by atoms with van der Waals surface area (Å²) in [7, 11) is 0. The van der Waals surface area contributed by atoms with Crippen molar-refractivity contribution in [1.82, 2.24) is 10.2 Å². The highest BCUT2D eigenvalue weighted by atomic mass is 15.3. The molecule has 1 aliphatic heterocycles. The van der Waals surface area contributed by atoms with Crippen LogP contribution < -0.4 is 5.32 Å². The fourth-order valence-electron chi connectivity index (χ4n) is 2.99.